The van der Waals surface area contributed by atoms with E-state index < -0.39 is 11.9 Å². The molecule has 0 aromatic carbocycles. The second-order valence-corrected chi connectivity index (χ2v) is 4.74. The van der Waals surface area contributed by atoms with Crippen LogP contribution in [0, 0.1) is 5.92 Å². The maximum absolute atomic E-state index is 11.6. The number of carboxylic acids is 1. The van der Waals surface area contributed by atoms with Gasteiger partial charge in [-0.2, -0.15) is 0 Å². The summed E-state index contributed by atoms with van der Waals surface area (Å²) in [6.07, 6.45) is 0.617. The summed E-state index contributed by atoms with van der Waals surface area (Å²) in [5.74, 6) is -1.32. The largest absolute Gasteiger partial charge is 0.481 e. The van der Waals surface area contributed by atoms with Gasteiger partial charge in [-0.15, -0.1) is 0 Å². The normalized spacial score (nSPS) is 22.3. The number of ether oxygens (including phenoxy) is 1. The minimum absolute atomic E-state index is 0.0579. The minimum Gasteiger partial charge on any atom is -0.481 e. The zero-order chi connectivity index (χ0) is 14.4. The van der Waals surface area contributed by atoms with Gasteiger partial charge in [-0.3, -0.25) is 14.4 Å². The van der Waals surface area contributed by atoms with Gasteiger partial charge in [0.05, 0.1) is 19.4 Å². The van der Waals surface area contributed by atoms with Crippen LogP contribution in [0.4, 0.5) is 0 Å². The van der Waals surface area contributed by atoms with Gasteiger partial charge in [-0.05, 0) is 6.42 Å². The number of carboxylic acid groups (broad SMARTS) is 1. The Balaban J connectivity index is 2.49. The van der Waals surface area contributed by atoms with Crippen molar-refractivity contribution >= 4 is 17.8 Å². The number of hydrogen-bond donors (Lipinski definition) is 1. The Morgan fingerprint density at radius 1 is 1.21 bits per heavy atom. The Morgan fingerprint density at radius 3 is 2.42 bits per heavy atom. The summed E-state index contributed by atoms with van der Waals surface area (Å²) in [6.45, 7) is 4.82. The zero-order valence-corrected chi connectivity index (χ0v) is 11.4. The first-order chi connectivity index (χ1) is 8.97. The molecule has 1 fully saturated rings. The molecule has 6 nitrogen and oxygen atoms in total. The average molecular weight is 271 g/mol. The fraction of sp³-hybridized carbons (Fsp3) is 0.769. The molecular formula is C13H21NO5. The number of esters is 1. The van der Waals surface area contributed by atoms with Crippen molar-refractivity contribution < 1.29 is 24.2 Å². The van der Waals surface area contributed by atoms with Crippen molar-refractivity contribution in [3.8, 4) is 0 Å². The molecule has 19 heavy (non-hydrogen) atoms. The topological polar surface area (TPSA) is 83.9 Å². The number of carbonyl (C=O) groups excluding carboxylic acids is 2. The number of likely N-dealkylation sites (tertiary alicyclic amines) is 1. The third kappa shape index (κ3) is 4.54. The first-order valence-corrected chi connectivity index (χ1v) is 6.66. The van der Waals surface area contributed by atoms with E-state index in [-0.39, 0.29) is 30.8 Å². The maximum atomic E-state index is 11.6. The highest BCUT2D eigenvalue weighted by molar-refractivity contribution is 5.77. The van der Waals surface area contributed by atoms with Gasteiger partial charge in [0.25, 0.3) is 0 Å². The number of amides is 1. The van der Waals surface area contributed by atoms with Crippen LogP contribution in [-0.4, -0.2) is 47.0 Å². The molecule has 108 valence electrons. The van der Waals surface area contributed by atoms with E-state index in [0.717, 1.165) is 6.42 Å². The third-order valence-corrected chi connectivity index (χ3v) is 3.39. The second-order valence-electron chi connectivity index (χ2n) is 4.74. The van der Waals surface area contributed by atoms with Crippen LogP contribution in [0.2, 0.25) is 0 Å². The Morgan fingerprint density at radius 2 is 1.89 bits per heavy atom. The highest BCUT2D eigenvalue weighted by atomic mass is 16.5. The molecule has 1 saturated heterocycles. The van der Waals surface area contributed by atoms with Crippen LogP contribution < -0.4 is 0 Å². The predicted molar refractivity (Wildman–Crippen MR) is 67.4 cm³/mol. The molecule has 0 spiro atoms. The van der Waals surface area contributed by atoms with E-state index in [4.69, 9.17) is 9.84 Å². The summed E-state index contributed by atoms with van der Waals surface area (Å²) >= 11 is 0. The quantitative estimate of drug-likeness (QED) is 0.730. The van der Waals surface area contributed by atoms with Crippen LogP contribution in [0.3, 0.4) is 0 Å². The molecular weight excluding hydrogens is 250 g/mol. The average Bonchev–Trinajstić information content (AvgIpc) is 2.78. The minimum atomic E-state index is -1.02. The molecule has 0 saturated carbocycles. The van der Waals surface area contributed by atoms with Crippen LogP contribution in [0.5, 0.6) is 0 Å². The molecule has 0 aromatic rings. The number of nitrogens with zero attached hydrogens (tertiary/aromatic N) is 1. The fourth-order valence-corrected chi connectivity index (χ4v) is 2.23. The molecule has 0 radical (unpaired) electrons. The van der Waals surface area contributed by atoms with E-state index in [2.05, 4.69) is 0 Å². The monoisotopic (exact) mass is 271 g/mol. The lowest BCUT2D eigenvalue weighted by molar-refractivity contribution is -0.153. The molecule has 2 atom stereocenters. The van der Waals surface area contributed by atoms with Crippen LogP contribution in [-0.2, 0) is 19.1 Å². The van der Waals surface area contributed by atoms with Gasteiger partial charge >= 0.3 is 11.9 Å². The zero-order valence-electron chi connectivity index (χ0n) is 11.4. The molecule has 6 heteroatoms. The highest BCUT2D eigenvalue weighted by Crippen LogP contribution is 2.24. The number of rotatable bonds is 6. The molecule has 1 amide bonds. The smallest absolute Gasteiger partial charge is 0.306 e. The second kappa shape index (κ2) is 7.11. The molecule has 0 aromatic heterocycles. The Bertz CT molecular complexity index is 355. The summed E-state index contributed by atoms with van der Waals surface area (Å²) in [5.41, 5.74) is 0. The Kier molecular flexibility index (Phi) is 5.79. The fourth-order valence-electron chi connectivity index (χ4n) is 2.23. The summed E-state index contributed by atoms with van der Waals surface area (Å²) in [5, 5.41) is 8.51. The Hall–Kier alpha value is -1.59. The number of carbonyl (C=O) groups is 3. The van der Waals surface area contributed by atoms with Crippen molar-refractivity contribution in [2.45, 2.75) is 45.6 Å². The van der Waals surface area contributed by atoms with Gasteiger partial charge in [0.15, 0.2) is 0 Å². The van der Waals surface area contributed by atoms with Gasteiger partial charge in [-0.25, -0.2) is 0 Å². The van der Waals surface area contributed by atoms with E-state index in [1.54, 1.807) is 11.8 Å². The van der Waals surface area contributed by atoms with Crippen molar-refractivity contribution in [2.75, 3.05) is 13.1 Å². The van der Waals surface area contributed by atoms with Crippen molar-refractivity contribution in [1.82, 2.24) is 4.90 Å². The van der Waals surface area contributed by atoms with E-state index in [9.17, 15) is 14.4 Å². The molecule has 1 heterocycles. The third-order valence-electron chi connectivity index (χ3n) is 3.39. The summed E-state index contributed by atoms with van der Waals surface area (Å²) < 4.78 is 5.29. The van der Waals surface area contributed by atoms with Gasteiger partial charge in [0.2, 0.25) is 5.91 Å². The Labute approximate surface area is 112 Å². The number of hydrogen-bond acceptors (Lipinski definition) is 4. The first-order valence-electron chi connectivity index (χ1n) is 6.66. The standard InChI is InChI=1S/C13H21NO5/c1-3-9-7-14(11(15)4-2)8-10(9)19-13(18)6-5-12(16)17/h9-10H,3-8H2,1-2H3,(H,16,17)/t9-,10+/m1/s1. The van der Waals surface area contributed by atoms with E-state index in [1.807, 2.05) is 6.92 Å². The summed E-state index contributed by atoms with van der Waals surface area (Å²) in [4.78, 5) is 35.2. The van der Waals surface area contributed by atoms with Gasteiger partial charge in [-0.1, -0.05) is 13.8 Å². The van der Waals surface area contributed by atoms with Crippen molar-refractivity contribution in [3.63, 3.8) is 0 Å². The van der Waals surface area contributed by atoms with Crippen LogP contribution >= 0.6 is 0 Å². The van der Waals surface area contributed by atoms with E-state index >= 15 is 0 Å². The lowest BCUT2D eigenvalue weighted by Crippen LogP contribution is -2.30. The lowest BCUT2D eigenvalue weighted by atomic mass is 10.0. The molecule has 1 rings (SSSR count). The molecule has 0 bridgehead atoms. The summed E-state index contributed by atoms with van der Waals surface area (Å²) in [7, 11) is 0. The van der Waals surface area contributed by atoms with Crippen LogP contribution in [0.1, 0.15) is 39.5 Å². The van der Waals surface area contributed by atoms with Crippen molar-refractivity contribution in [1.29, 1.82) is 0 Å². The molecule has 0 unspecified atom stereocenters. The molecule has 1 N–H and O–H groups in total. The maximum Gasteiger partial charge on any atom is 0.306 e. The summed E-state index contributed by atoms with van der Waals surface area (Å²) in [6, 6.07) is 0. The van der Waals surface area contributed by atoms with Gasteiger partial charge in [0.1, 0.15) is 6.10 Å². The molecule has 0 aliphatic carbocycles. The highest BCUT2D eigenvalue weighted by Gasteiger charge is 2.36. The van der Waals surface area contributed by atoms with Crippen molar-refractivity contribution in [2.24, 2.45) is 5.92 Å². The molecule has 1 aliphatic heterocycles. The SMILES string of the molecule is CCC(=O)N1C[C@@H](CC)[C@@H](OC(=O)CCC(=O)O)C1. The van der Waals surface area contributed by atoms with E-state index in [1.165, 1.54) is 0 Å². The van der Waals surface area contributed by atoms with E-state index in [0.29, 0.717) is 19.5 Å². The predicted octanol–water partition coefficient (Wildman–Crippen LogP) is 1.04. The van der Waals surface area contributed by atoms with Crippen LogP contribution in [0.15, 0.2) is 0 Å². The van der Waals surface area contributed by atoms with Crippen LogP contribution in [0.25, 0.3) is 0 Å². The number of aliphatic carboxylic acids is 1. The lowest BCUT2D eigenvalue weighted by Gasteiger charge is -2.17. The molecule has 1 aliphatic rings. The van der Waals surface area contributed by atoms with Gasteiger partial charge in [0, 0.05) is 18.9 Å². The van der Waals surface area contributed by atoms with Gasteiger partial charge < -0.3 is 14.7 Å². The first kappa shape index (κ1) is 15.5. The van der Waals surface area contributed by atoms with Crippen molar-refractivity contribution in [3.05, 3.63) is 0 Å².